The molecule has 1 saturated heterocycles. The van der Waals surface area contributed by atoms with E-state index in [0.717, 1.165) is 5.69 Å². The predicted molar refractivity (Wildman–Crippen MR) is 83.2 cm³/mol. The van der Waals surface area contributed by atoms with Gasteiger partial charge in [0, 0.05) is 25.3 Å². The van der Waals surface area contributed by atoms with Crippen LogP contribution in [0.25, 0.3) is 0 Å². The van der Waals surface area contributed by atoms with Gasteiger partial charge in [-0.1, -0.05) is 24.3 Å². The van der Waals surface area contributed by atoms with Gasteiger partial charge in [0.1, 0.15) is 6.04 Å². The number of amides is 3. The maximum absolute atomic E-state index is 12.6. The summed E-state index contributed by atoms with van der Waals surface area (Å²) < 4.78 is 0. The van der Waals surface area contributed by atoms with Gasteiger partial charge < -0.3 is 15.1 Å². The van der Waals surface area contributed by atoms with Crippen LogP contribution < -0.4 is 10.2 Å². The third-order valence-corrected chi connectivity index (χ3v) is 3.62. The van der Waals surface area contributed by atoms with Crippen molar-refractivity contribution in [1.29, 1.82) is 0 Å². The molecular weight excluding hydrogens is 266 g/mol. The van der Waals surface area contributed by atoms with Gasteiger partial charge >= 0.3 is 6.03 Å². The average molecular weight is 287 g/mol. The maximum atomic E-state index is 12.6. The van der Waals surface area contributed by atoms with Crippen molar-refractivity contribution in [3.8, 4) is 0 Å². The zero-order chi connectivity index (χ0) is 15.2. The van der Waals surface area contributed by atoms with E-state index in [-0.39, 0.29) is 18.0 Å². The minimum Gasteiger partial charge on any atom is -0.335 e. The Morgan fingerprint density at radius 1 is 1.48 bits per heavy atom. The molecule has 0 radical (unpaired) electrons. The molecule has 1 unspecified atom stereocenters. The molecule has 0 saturated carbocycles. The molecule has 1 aromatic carbocycles. The zero-order valence-electron chi connectivity index (χ0n) is 12.3. The molecule has 1 heterocycles. The number of carbonyl (C=O) groups excluding carboxylic acids is 2. The smallest absolute Gasteiger partial charge is 0.318 e. The highest BCUT2D eigenvalue weighted by Gasteiger charge is 2.38. The SMILES string of the molecule is C=CCNC(=O)N(CC)C1CCN(c2ccccc2)C1=O. The van der Waals surface area contributed by atoms with Gasteiger partial charge in [0.05, 0.1) is 0 Å². The summed E-state index contributed by atoms with van der Waals surface area (Å²) in [7, 11) is 0. The molecule has 3 amide bonds. The Morgan fingerprint density at radius 2 is 2.19 bits per heavy atom. The normalized spacial score (nSPS) is 17.7. The molecule has 1 aromatic rings. The quantitative estimate of drug-likeness (QED) is 0.842. The molecular formula is C16H21N3O2. The molecule has 112 valence electrons. The topological polar surface area (TPSA) is 52.7 Å². The van der Waals surface area contributed by atoms with Crippen LogP contribution >= 0.6 is 0 Å². The van der Waals surface area contributed by atoms with Crippen LogP contribution in [-0.2, 0) is 4.79 Å². The van der Waals surface area contributed by atoms with E-state index < -0.39 is 0 Å². The van der Waals surface area contributed by atoms with Gasteiger partial charge in [0.25, 0.3) is 0 Å². The number of hydrogen-bond donors (Lipinski definition) is 1. The van der Waals surface area contributed by atoms with Crippen molar-refractivity contribution in [1.82, 2.24) is 10.2 Å². The molecule has 5 heteroatoms. The van der Waals surface area contributed by atoms with Gasteiger partial charge in [-0.15, -0.1) is 6.58 Å². The van der Waals surface area contributed by atoms with Crippen molar-refractivity contribution < 1.29 is 9.59 Å². The standard InChI is InChI=1S/C16H21N3O2/c1-3-11-17-16(21)18(4-2)14-10-12-19(15(14)20)13-8-6-5-7-9-13/h3,5-9,14H,1,4,10-12H2,2H3,(H,17,21). The molecule has 1 aliphatic rings. The van der Waals surface area contributed by atoms with E-state index >= 15 is 0 Å². The Kier molecular flexibility index (Phi) is 4.98. The summed E-state index contributed by atoms with van der Waals surface area (Å²) in [6, 6.07) is 8.95. The molecule has 1 aliphatic heterocycles. The number of nitrogens with one attached hydrogen (secondary N) is 1. The number of likely N-dealkylation sites (N-methyl/N-ethyl adjacent to an activating group) is 1. The van der Waals surface area contributed by atoms with Gasteiger partial charge in [-0.3, -0.25) is 4.79 Å². The lowest BCUT2D eigenvalue weighted by molar-refractivity contribution is -0.120. The number of benzene rings is 1. The molecule has 0 spiro atoms. The first-order chi connectivity index (χ1) is 10.2. The van der Waals surface area contributed by atoms with Crippen LogP contribution in [0.1, 0.15) is 13.3 Å². The number of hydrogen-bond acceptors (Lipinski definition) is 2. The summed E-state index contributed by atoms with van der Waals surface area (Å²) in [5.74, 6) is -0.0168. The van der Waals surface area contributed by atoms with Gasteiger partial charge in [-0.25, -0.2) is 4.79 Å². The van der Waals surface area contributed by atoms with Gasteiger partial charge in [-0.2, -0.15) is 0 Å². The fourth-order valence-corrected chi connectivity index (χ4v) is 2.58. The first-order valence-corrected chi connectivity index (χ1v) is 7.20. The van der Waals surface area contributed by atoms with Crippen molar-refractivity contribution in [2.75, 3.05) is 24.5 Å². The van der Waals surface area contributed by atoms with Crippen LogP contribution in [0, 0.1) is 0 Å². The van der Waals surface area contributed by atoms with Crippen LogP contribution in [0.15, 0.2) is 43.0 Å². The molecule has 1 atom stereocenters. The summed E-state index contributed by atoms with van der Waals surface area (Å²) >= 11 is 0. The third-order valence-electron chi connectivity index (χ3n) is 3.62. The van der Waals surface area contributed by atoms with Crippen molar-refractivity contribution >= 4 is 17.6 Å². The largest absolute Gasteiger partial charge is 0.335 e. The summed E-state index contributed by atoms with van der Waals surface area (Å²) in [5, 5.41) is 2.73. The number of anilines is 1. The molecule has 21 heavy (non-hydrogen) atoms. The second-order valence-electron chi connectivity index (χ2n) is 4.89. The summed E-state index contributed by atoms with van der Waals surface area (Å²) in [6.07, 6.45) is 2.28. The van der Waals surface area contributed by atoms with Gasteiger partial charge in [-0.05, 0) is 25.5 Å². The Balaban J connectivity index is 2.09. The van der Waals surface area contributed by atoms with Gasteiger partial charge in [0.2, 0.25) is 5.91 Å². The maximum Gasteiger partial charge on any atom is 0.318 e. The number of rotatable bonds is 5. The lowest BCUT2D eigenvalue weighted by Gasteiger charge is -2.27. The Morgan fingerprint density at radius 3 is 2.81 bits per heavy atom. The fraction of sp³-hybridized carbons (Fsp3) is 0.375. The number of para-hydroxylation sites is 1. The number of urea groups is 1. The average Bonchev–Trinajstić information content (AvgIpc) is 2.89. The molecule has 0 aliphatic carbocycles. The molecule has 0 aromatic heterocycles. The number of nitrogens with zero attached hydrogens (tertiary/aromatic N) is 2. The van der Waals surface area contributed by atoms with Crippen LogP contribution in [0.3, 0.4) is 0 Å². The molecule has 5 nitrogen and oxygen atoms in total. The van der Waals surface area contributed by atoms with Crippen LogP contribution in [0.5, 0.6) is 0 Å². The van der Waals surface area contributed by atoms with Crippen molar-refractivity contribution in [3.05, 3.63) is 43.0 Å². The summed E-state index contributed by atoms with van der Waals surface area (Å²) in [6.45, 7) is 7.00. The second kappa shape index (κ2) is 6.92. The highest BCUT2D eigenvalue weighted by molar-refractivity contribution is 6.01. The van der Waals surface area contributed by atoms with Crippen molar-refractivity contribution in [2.45, 2.75) is 19.4 Å². The second-order valence-corrected chi connectivity index (χ2v) is 4.89. The highest BCUT2D eigenvalue weighted by atomic mass is 16.2. The summed E-state index contributed by atoms with van der Waals surface area (Å²) in [4.78, 5) is 28.0. The summed E-state index contributed by atoms with van der Waals surface area (Å²) in [5.41, 5.74) is 0.882. The molecule has 2 rings (SSSR count). The third kappa shape index (κ3) is 3.24. The zero-order valence-corrected chi connectivity index (χ0v) is 12.3. The lowest BCUT2D eigenvalue weighted by Crippen LogP contribution is -2.49. The highest BCUT2D eigenvalue weighted by Crippen LogP contribution is 2.24. The van der Waals surface area contributed by atoms with Crippen molar-refractivity contribution in [3.63, 3.8) is 0 Å². The van der Waals surface area contributed by atoms with E-state index in [2.05, 4.69) is 11.9 Å². The van der Waals surface area contributed by atoms with E-state index in [4.69, 9.17) is 0 Å². The first kappa shape index (κ1) is 15.1. The molecule has 1 N–H and O–H groups in total. The van der Waals surface area contributed by atoms with Crippen LogP contribution in [-0.4, -0.2) is 42.5 Å². The minimum atomic E-state index is -0.389. The number of carbonyl (C=O) groups is 2. The van der Waals surface area contributed by atoms with Crippen molar-refractivity contribution in [2.24, 2.45) is 0 Å². The van der Waals surface area contributed by atoms with E-state index in [0.29, 0.717) is 26.1 Å². The van der Waals surface area contributed by atoms with E-state index in [1.54, 1.807) is 15.9 Å². The van der Waals surface area contributed by atoms with Gasteiger partial charge in [0.15, 0.2) is 0 Å². The molecule has 0 bridgehead atoms. The van der Waals surface area contributed by atoms with E-state index in [9.17, 15) is 9.59 Å². The lowest BCUT2D eigenvalue weighted by atomic mass is 10.2. The Bertz CT molecular complexity index is 516. The fourth-order valence-electron chi connectivity index (χ4n) is 2.58. The first-order valence-electron chi connectivity index (χ1n) is 7.20. The van der Waals surface area contributed by atoms with Crippen LogP contribution in [0.4, 0.5) is 10.5 Å². The Labute approximate surface area is 125 Å². The van der Waals surface area contributed by atoms with E-state index in [1.165, 1.54) is 0 Å². The molecule has 1 fully saturated rings. The van der Waals surface area contributed by atoms with Crippen LogP contribution in [0.2, 0.25) is 0 Å². The monoisotopic (exact) mass is 287 g/mol. The Hall–Kier alpha value is -2.30. The predicted octanol–water partition coefficient (Wildman–Crippen LogP) is 2.01. The minimum absolute atomic E-state index is 0.0168. The van der Waals surface area contributed by atoms with E-state index in [1.807, 2.05) is 37.3 Å².